The van der Waals surface area contributed by atoms with E-state index < -0.39 is 17.8 Å². The van der Waals surface area contributed by atoms with E-state index in [4.69, 9.17) is 10.5 Å². The standard InChI is InChI=1S/C16H11FN4O/c1-10-11(8-18)6-7-14(20-10)16(22)21-15(9-19)12-4-2-3-5-13(12)17/h2-7,15H,1H3,(H,21,22)/t15-/m0/s1. The van der Waals surface area contributed by atoms with Gasteiger partial charge in [-0.2, -0.15) is 10.5 Å². The van der Waals surface area contributed by atoms with Gasteiger partial charge in [-0.1, -0.05) is 18.2 Å². The van der Waals surface area contributed by atoms with E-state index in [-0.39, 0.29) is 11.3 Å². The van der Waals surface area contributed by atoms with E-state index in [0.29, 0.717) is 11.3 Å². The molecule has 2 aromatic rings. The molecule has 0 radical (unpaired) electrons. The molecule has 0 saturated carbocycles. The highest BCUT2D eigenvalue weighted by Gasteiger charge is 2.19. The summed E-state index contributed by atoms with van der Waals surface area (Å²) in [4.78, 5) is 16.1. The van der Waals surface area contributed by atoms with Crippen molar-refractivity contribution in [2.45, 2.75) is 13.0 Å². The molecule has 1 atom stereocenters. The molecule has 0 unspecified atom stereocenters. The van der Waals surface area contributed by atoms with Crippen LogP contribution >= 0.6 is 0 Å². The number of benzene rings is 1. The molecule has 1 N–H and O–H groups in total. The van der Waals surface area contributed by atoms with E-state index in [9.17, 15) is 9.18 Å². The molecule has 0 aliphatic carbocycles. The zero-order valence-corrected chi connectivity index (χ0v) is 11.7. The van der Waals surface area contributed by atoms with Gasteiger partial charge in [0.25, 0.3) is 5.91 Å². The molecule has 1 heterocycles. The summed E-state index contributed by atoms with van der Waals surface area (Å²) in [6.07, 6.45) is 0. The van der Waals surface area contributed by atoms with Gasteiger partial charge < -0.3 is 5.32 Å². The van der Waals surface area contributed by atoms with Crippen molar-refractivity contribution in [3.63, 3.8) is 0 Å². The van der Waals surface area contributed by atoms with Crippen LogP contribution in [0, 0.1) is 35.4 Å². The van der Waals surface area contributed by atoms with E-state index in [1.54, 1.807) is 13.0 Å². The van der Waals surface area contributed by atoms with Gasteiger partial charge in [-0.25, -0.2) is 9.37 Å². The molecule has 0 aliphatic rings. The fourth-order valence-electron chi connectivity index (χ4n) is 1.90. The molecule has 0 spiro atoms. The van der Waals surface area contributed by atoms with E-state index in [1.165, 1.54) is 30.3 Å². The van der Waals surface area contributed by atoms with Crippen LogP contribution in [0.3, 0.4) is 0 Å². The number of aryl methyl sites for hydroxylation is 1. The number of nitrogens with zero attached hydrogens (tertiary/aromatic N) is 3. The van der Waals surface area contributed by atoms with E-state index in [1.807, 2.05) is 12.1 Å². The Hall–Kier alpha value is -3.25. The predicted octanol–water partition coefficient (Wildman–Crippen LogP) is 2.40. The average molecular weight is 294 g/mol. The lowest BCUT2D eigenvalue weighted by Gasteiger charge is -2.12. The lowest BCUT2D eigenvalue weighted by atomic mass is 10.1. The van der Waals surface area contributed by atoms with Gasteiger partial charge in [-0.3, -0.25) is 4.79 Å². The summed E-state index contributed by atoms with van der Waals surface area (Å²) in [7, 11) is 0. The number of nitrogens with one attached hydrogen (secondary N) is 1. The fourth-order valence-corrected chi connectivity index (χ4v) is 1.90. The first-order valence-electron chi connectivity index (χ1n) is 6.39. The maximum absolute atomic E-state index is 13.7. The Morgan fingerprint density at radius 1 is 1.27 bits per heavy atom. The molecule has 0 bridgehead atoms. The third-order valence-electron chi connectivity index (χ3n) is 3.06. The summed E-state index contributed by atoms with van der Waals surface area (Å²) in [6, 6.07) is 11.3. The lowest BCUT2D eigenvalue weighted by molar-refractivity contribution is 0.0939. The Kier molecular flexibility index (Phi) is 4.45. The number of carbonyl (C=O) groups excluding carboxylic acids is 1. The average Bonchev–Trinajstić information content (AvgIpc) is 2.53. The number of aromatic nitrogens is 1. The monoisotopic (exact) mass is 294 g/mol. The summed E-state index contributed by atoms with van der Waals surface area (Å²) in [5, 5.41) is 20.4. The quantitative estimate of drug-likeness (QED) is 0.941. The highest BCUT2D eigenvalue weighted by atomic mass is 19.1. The highest BCUT2D eigenvalue weighted by Crippen LogP contribution is 2.16. The van der Waals surface area contributed by atoms with E-state index >= 15 is 0 Å². The Balaban J connectivity index is 2.24. The van der Waals surface area contributed by atoms with Crippen molar-refractivity contribution >= 4 is 5.91 Å². The van der Waals surface area contributed by atoms with Gasteiger partial charge in [-0.05, 0) is 25.1 Å². The highest BCUT2D eigenvalue weighted by molar-refractivity contribution is 5.92. The minimum absolute atomic E-state index is 0.0630. The summed E-state index contributed by atoms with van der Waals surface area (Å²) >= 11 is 0. The van der Waals surface area contributed by atoms with Crippen molar-refractivity contribution in [3.8, 4) is 12.1 Å². The zero-order valence-electron chi connectivity index (χ0n) is 11.7. The third kappa shape index (κ3) is 3.08. The minimum Gasteiger partial charge on any atom is -0.331 e. The maximum Gasteiger partial charge on any atom is 0.271 e. The van der Waals surface area contributed by atoms with Crippen LogP contribution in [0.2, 0.25) is 0 Å². The number of nitriles is 2. The van der Waals surface area contributed by atoms with E-state index in [0.717, 1.165) is 0 Å². The van der Waals surface area contributed by atoms with Crippen molar-refractivity contribution in [1.29, 1.82) is 10.5 Å². The second kappa shape index (κ2) is 6.47. The molecule has 0 fully saturated rings. The van der Waals surface area contributed by atoms with Crippen molar-refractivity contribution in [2.24, 2.45) is 0 Å². The summed E-state index contributed by atoms with van der Waals surface area (Å²) in [5.74, 6) is -1.18. The number of halogens is 1. The van der Waals surface area contributed by atoms with Gasteiger partial charge in [0.1, 0.15) is 23.6 Å². The molecule has 0 saturated heterocycles. The second-order valence-electron chi connectivity index (χ2n) is 4.50. The number of pyridine rings is 1. The second-order valence-corrected chi connectivity index (χ2v) is 4.50. The van der Waals surface area contributed by atoms with Crippen molar-refractivity contribution in [3.05, 3.63) is 64.7 Å². The van der Waals surface area contributed by atoms with Gasteiger partial charge in [0, 0.05) is 5.56 Å². The molecule has 108 valence electrons. The minimum atomic E-state index is -1.12. The Morgan fingerprint density at radius 2 is 2.00 bits per heavy atom. The van der Waals surface area contributed by atoms with Crippen molar-refractivity contribution in [2.75, 3.05) is 0 Å². The van der Waals surface area contributed by atoms with Gasteiger partial charge in [0.15, 0.2) is 0 Å². The normalized spacial score (nSPS) is 11.1. The van der Waals surface area contributed by atoms with Crippen LogP contribution in [-0.4, -0.2) is 10.9 Å². The van der Waals surface area contributed by atoms with Crippen LogP contribution in [0.4, 0.5) is 4.39 Å². The molecule has 1 amide bonds. The summed E-state index contributed by atoms with van der Waals surface area (Å²) in [5.41, 5.74) is 0.925. The van der Waals surface area contributed by atoms with Crippen LogP contribution in [0.25, 0.3) is 0 Å². The third-order valence-corrected chi connectivity index (χ3v) is 3.06. The first-order chi connectivity index (χ1) is 10.6. The summed E-state index contributed by atoms with van der Waals surface area (Å²) < 4.78 is 13.7. The Labute approximate surface area is 126 Å². The van der Waals surface area contributed by atoms with Gasteiger partial charge in [-0.15, -0.1) is 0 Å². The largest absolute Gasteiger partial charge is 0.331 e. The number of hydrogen-bond donors (Lipinski definition) is 1. The number of hydrogen-bond acceptors (Lipinski definition) is 4. The first-order valence-corrected chi connectivity index (χ1v) is 6.39. The molecule has 22 heavy (non-hydrogen) atoms. The van der Waals surface area contributed by atoms with Gasteiger partial charge in [0.05, 0.1) is 17.3 Å². The van der Waals surface area contributed by atoms with Gasteiger partial charge in [0.2, 0.25) is 0 Å². The van der Waals surface area contributed by atoms with Gasteiger partial charge >= 0.3 is 0 Å². The molecule has 0 aliphatic heterocycles. The lowest BCUT2D eigenvalue weighted by Crippen LogP contribution is -2.29. The molecular weight excluding hydrogens is 283 g/mol. The predicted molar refractivity (Wildman–Crippen MR) is 75.9 cm³/mol. The van der Waals surface area contributed by atoms with Crippen LogP contribution in [0.5, 0.6) is 0 Å². The number of rotatable bonds is 3. The Morgan fingerprint density at radius 3 is 2.59 bits per heavy atom. The summed E-state index contributed by atoms with van der Waals surface area (Å²) in [6.45, 7) is 1.61. The fraction of sp³-hybridized carbons (Fsp3) is 0.125. The number of carbonyl (C=O) groups is 1. The molecule has 5 nitrogen and oxygen atoms in total. The Bertz CT molecular complexity index is 805. The molecule has 1 aromatic carbocycles. The smallest absolute Gasteiger partial charge is 0.271 e. The van der Waals surface area contributed by atoms with Crippen molar-refractivity contribution in [1.82, 2.24) is 10.3 Å². The molecule has 2 rings (SSSR count). The van der Waals surface area contributed by atoms with Crippen LogP contribution in [0.15, 0.2) is 36.4 Å². The van der Waals surface area contributed by atoms with Crippen LogP contribution in [-0.2, 0) is 0 Å². The molecule has 6 heteroatoms. The van der Waals surface area contributed by atoms with Crippen LogP contribution < -0.4 is 5.32 Å². The SMILES string of the molecule is Cc1nc(C(=O)N[C@@H](C#N)c2ccccc2F)ccc1C#N. The zero-order chi connectivity index (χ0) is 16.1. The molecule has 1 aromatic heterocycles. The topological polar surface area (TPSA) is 89.6 Å². The first kappa shape index (κ1) is 15.1. The number of amides is 1. The van der Waals surface area contributed by atoms with E-state index in [2.05, 4.69) is 10.3 Å². The van der Waals surface area contributed by atoms with Crippen molar-refractivity contribution < 1.29 is 9.18 Å². The van der Waals surface area contributed by atoms with Crippen LogP contribution in [0.1, 0.15) is 33.4 Å². The molecular formula is C16H11FN4O. The maximum atomic E-state index is 13.7.